The Hall–Kier alpha value is -2.01. The van der Waals surface area contributed by atoms with Crippen molar-refractivity contribution in [1.82, 2.24) is 5.32 Å². The fourth-order valence-corrected chi connectivity index (χ4v) is 4.36. The second-order valence-corrected chi connectivity index (χ2v) is 7.73. The SMILES string of the molecule is O=C(CSC1=Nc2cccc3cccc(c23)N1)NC1CCCCCC1. The first-order valence-electron chi connectivity index (χ1n) is 9.09. The monoisotopic (exact) mass is 353 g/mol. The number of nitrogens with zero attached hydrogens (tertiary/aromatic N) is 1. The number of carbonyl (C=O) groups excluding carboxylic acids is 1. The van der Waals surface area contributed by atoms with E-state index in [4.69, 9.17) is 0 Å². The van der Waals surface area contributed by atoms with Gasteiger partial charge in [-0.25, -0.2) is 4.99 Å². The Bertz CT molecular complexity index is 804. The van der Waals surface area contributed by atoms with Crippen molar-refractivity contribution in [2.75, 3.05) is 11.1 Å². The summed E-state index contributed by atoms with van der Waals surface area (Å²) in [4.78, 5) is 17.0. The van der Waals surface area contributed by atoms with Crippen LogP contribution in [0.25, 0.3) is 10.8 Å². The maximum Gasteiger partial charge on any atom is 0.230 e. The zero-order valence-corrected chi connectivity index (χ0v) is 15.1. The van der Waals surface area contributed by atoms with Gasteiger partial charge in [0.2, 0.25) is 5.91 Å². The van der Waals surface area contributed by atoms with Gasteiger partial charge in [0.15, 0.2) is 5.17 Å². The molecule has 2 aromatic carbocycles. The van der Waals surface area contributed by atoms with Crippen LogP contribution < -0.4 is 10.6 Å². The van der Waals surface area contributed by atoms with Crippen molar-refractivity contribution in [2.24, 2.45) is 4.99 Å². The molecule has 4 nitrogen and oxygen atoms in total. The number of hydrogen-bond acceptors (Lipinski definition) is 4. The van der Waals surface area contributed by atoms with Gasteiger partial charge in [-0.1, -0.05) is 61.7 Å². The highest BCUT2D eigenvalue weighted by Gasteiger charge is 2.18. The second-order valence-electron chi connectivity index (χ2n) is 6.77. The summed E-state index contributed by atoms with van der Waals surface area (Å²) in [7, 11) is 0. The van der Waals surface area contributed by atoms with Crippen LogP contribution in [0.15, 0.2) is 41.4 Å². The molecule has 1 amide bonds. The molecular formula is C20H23N3OS. The van der Waals surface area contributed by atoms with Crippen molar-refractivity contribution in [1.29, 1.82) is 0 Å². The van der Waals surface area contributed by atoms with Crippen molar-refractivity contribution in [3.63, 3.8) is 0 Å². The maximum absolute atomic E-state index is 12.3. The van der Waals surface area contributed by atoms with Gasteiger partial charge in [-0.2, -0.15) is 0 Å². The van der Waals surface area contributed by atoms with E-state index in [1.807, 2.05) is 18.2 Å². The molecule has 0 bridgehead atoms. The summed E-state index contributed by atoms with van der Waals surface area (Å²) in [5.41, 5.74) is 2.04. The second kappa shape index (κ2) is 7.48. The Balaban J connectivity index is 1.39. The van der Waals surface area contributed by atoms with E-state index in [9.17, 15) is 4.79 Å². The summed E-state index contributed by atoms with van der Waals surface area (Å²) in [6.45, 7) is 0. The average molecular weight is 353 g/mol. The summed E-state index contributed by atoms with van der Waals surface area (Å²) in [5.74, 6) is 0.513. The molecule has 2 aromatic rings. The number of rotatable bonds is 3. The van der Waals surface area contributed by atoms with E-state index in [0.717, 1.165) is 34.8 Å². The number of aliphatic imine (C=N–C) groups is 1. The molecule has 1 heterocycles. The van der Waals surface area contributed by atoms with Gasteiger partial charge in [0.25, 0.3) is 0 Å². The van der Waals surface area contributed by atoms with Gasteiger partial charge in [0, 0.05) is 11.4 Å². The molecule has 0 atom stereocenters. The van der Waals surface area contributed by atoms with E-state index < -0.39 is 0 Å². The Morgan fingerprint density at radius 1 is 1.12 bits per heavy atom. The van der Waals surface area contributed by atoms with Crippen LogP contribution in [0, 0.1) is 0 Å². The molecule has 1 aliphatic carbocycles. The lowest BCUT2D eigenvalue weighted by Crippen LogP contribution is -2.36. The number of hydrogen-bond donors (Lipinski definition) is 2. The molecule has 5 heteroatoms. The molecule has 0 unspecified atom stereocenters. The highest BCUT2D eigenvalue weighted by Crippen LogP contribution is 2.36. The van der Waals surface area contributed by atoms with Crippen LogP contribution in [0.2, 0.25) is 0 Å². The molecule has 1 saturated carbocycles. The molecule has 25 heavy (non-hydrogen) atoms. The summed E-state index contributed by atoms with van der Waals surface area (Å²) >= 11 is 1.47. The quantitative estimate of drug-likeness (QED) is 0.778. The normalized spacial score (nSPS) is 17.5. The lowest BCUT2D eigenvalue weighted by molar-refractivity contribution is -0.119. The maximum atomic E-state index is 12.3. The number of nitrogens with one attached hydrogen (secondary N) is 2. The van der Waals surface area contributed by atoms with Crippen molar-refractivity contribution >= 4 is 45.0 Å². The molecule has 4 rings (SSSR count). The first-order chi connectivity index (χ1) is 12.3. The molecule has 1 aliphatic heterocycles. The van der Waals surface area contributed by atoms with Gasteiger partial charge >= 0.3 is 0 Å². The first kappa shape index (κ1) is 16.5. The van der Waals surface area contributed by atoms with Gasteiger partial charge in [-0.15, -0.1) is 0 Å². The highest BCUT2D eigenvalue weighted by atomic mass is 32.2. The van der Waals surface area contributed by atoms with Crippen LogP contribution in [0.4, 0.5) is 11.4 Å². The largest absolute Gasteiger partial charge is 0.353 e. The fraction of sp³-hybridized carbons (Fsp3) is 0.400. The summed E-state index contributed by atoms with van der Waals surface area (Å²) in [6, 6.07) is 12.7. The van der Waals surface area contributed by atoms with E-state index in [-0.39, 0.29) is 5.91 Å². The minimum atomic E-state index is 0.110. The van der Waals surface area contributed by atoms with Crippen LogP contribution in [-0.2, 0) is 4.79 Å². The molecular weight excluding hydrogens is 330 g/mol. The molecule has 1 fully saturated rings. The lowest BCUT2D eigenvalue weighted by Gasteiger charge is -2.19. The molecule has 0 spiro atoms. The summed E-state index contributed by atoms with van der Waals surface area (Å²) in [5, 5.41) is 9.68. The highest BCUT2D eigenvalue weighted by molar-refractivity contribution is 8.14. The van der Waals surface area contributed by atoms with Crippen LogP contribution in [0.3, 0.4) is 0 Å². The van der Waals surface area contributed by atoms with Crippen LogP contribution in [0.1, 0.15) is 38.5 Å². The number of benzene rings is 2. The van der Waals surface area contributed by atoms with Gasteiger partial charge < -0.3 is 10.6 Å². The number of carbonyl (C=O) groups is 1. The van der Waals surface area contributed by atoms with Crippen molar-refractivity contribution in [3.05, 3.63) is 36.4 Å². The summed E-state index contributed by atoms with van der Waals surface area (Å²) < 4.78 is 0. The van der Waals surface area contributed by atoms with Crippen molar-refractivity contribution < 1.29 is 4.79 Å². The third kappa shape index (κ3) is 3.82. The average Bonchev–Trinajstić information content (AvgIpc) is 2.89. The van der Waals surface area contributed by atoms with Gasteiger partial charge in [-0.05, 0) is 30.4 Å². The lowest BCUT2D eigenvalue weighted by atomic mass is 10.1. The number of anilines is 1. The van der Waals surface area contributed by atoms with Gasteiger partial charge in [0.05, 0.1) is 17.1 Å². The molecule has 2 aliphatic rings. The Kier molecular flexibility index (Phi) is 4.92. The first-order valence-corrected chi connectivity index (χ1v) is 10.1. The standard InChI is InChI=1S/C20H23N3OS/c24-18(21-15-9-3-1-2-4-10-15)13-25-20-22-16-11-5-7-14-8-6-12-17(23-20)19(14)16/h5-8,11-12,15H,1-4,9-10,13H2,(H,21,24)(H,22,23). The van der Waals surface area contributed by atoms with Gasteiger partial charge in [0.1, 0.15) is 0 Å². The molecule has 0 radical (unpaired) electrons. The minimum Gasteiger partial charge on any atom is -0.353 e. The van der Waals surface area contributed by atoms with Crippen molar-refractivity contribution in [2.45, 2.75) is 44.6 Å². The van der Waals surface area contributed by atoms with E-state index in [0.29, 0.717) is 11.8 Å². The van der Waals surface area contributed by atoms with Crippen LogP contribution in [0.5, 0.6) is 0 Å². The molecule has 0 saturated heterocycles. The summed E-state index contributed by atoms with van der Waals surface area (Å²) in [6.07, 6.45) is 7.29. The van der Waals surface area contributed by atoms with Gasteiger partial charge in [-0.3, -0.25) is 4.79 Å². The minimum absolute atomic E-state index is 0.110. The zero-order chi connectivity index (χ0) is 17.1. The Labute approximate surface area is 152 Å². The van der Waals surface area contributed by atoms with Crippen molar-refractivity contribution in [3.8, 4) is 0 Å². The Morgan fingerprint density at radius 3 is 2.68 bits per heavy atom. The number of thioether (sulfide) groups is 1. The third-order valence-corrected chi connectivity index (χ3v) is 5.78. The fourth-order valence-electron chi connectivity index (χ4n) is 3.67. The molecule has 2 N–H and O–H groups in total. The van der Waals surface area contributed by atoms with E-state index >= 15 is 0 Å². The molecule has 0 aromatic heterocycles. The predicted molar refractivity (Wildman–Crippen MR) is 107 cm³/mol. The topological polar surface area (TPSA) is 53.5 Å². The third-order valence-electron chi connectivity index (χ3n) is 4.91. The predicted octanol–water partition coefficient (Wildman–Crippen LogP) is 4.83. The number of amides is 1. The van der Waals surface area contributed by atoms with E-state index in [1.165, 1.54) is 42.8 Å². The molecule has 130 valence electrons. The van der Waals surface area contributed by atoms with Crippen LogP contribution >= 0.6 is 11.8 Å². The number of amidine groups is 1. The smallest absolute Gasteiger partial charge is 0.230 e. The van der Waals surface area contributed by atoms with Crippen LogP contribution in [-0.4, -0.2) is 22.9 Å². The zero-order valence-electron chi connectivity index (χ0n) is 14.3. The van der Waals surface area contributed by atoms with E-state index in [2.05, 4.69) is 33.8 Å². The Morgan fingerprint density at radius 2 is 1.88 bits per heavy atom. The van der Waals surface area contributed by atoms with E-state index in [1.54, 1.807) is 0 Å².